The van der Waals surface area contributed by atoms with E-state index < -0.39 is 6.98 Å². The Hall–Kier alpha value is -1.80. The molecule has 0 spiro atoms. The lowest BCUT2D eigenvalue weighted by molar-refractivity contribution is 0.305. The van der Waals surface area contributed by atoms with Gasteiger partial charge in [0.2, 0.25) is 0 Å². The van der Waals surface area contributed by atoms with Gasteiger partial charge in [0.25, 0.3) is 0 Å². The summed E-state index contributed by atoms with van der Waals surface area (Å²) in [4.78, 5) is 0. The average Bonchev–Trinajstić information content (AvgIpc) is 2.45. The van der Waals surface area contributed by atoms with Crippen molar-refractivity contribution in [3.63, 3.8) is 0 Å². The van der Waals surface area contributed by atoms with Crippen molar-refractivity contribution in [1.82, 2.24) is 5.32 Å². The summed E-state index contributed by atoms with van der Waals surface area (Å²) in [5.74, 6) is 0.732. The second-order valence-corrected chi connectivity index (χ2v) is 4.21. The van der Waals surface area contributed by atoms with Crippen molar-refractivity contribution < 1.29 is 8.85 Å². The Morgan fingerprint density at radius 2 is 2.00 bits per heavy atom. The van der Waals surface area contributed by atoms with E-state index >= 15 is 0 Å². The summed E-state index contributed by atoms with van der Waals surface area (Å²) in [6.45, 7) is 0.161. The van der Waals surface area contributed by atoms with Crippen molar-refractivity contribution in [3.05, 3.63) is 65.7 Å². The predicted molar refractivity (Wildman–Crippen MR) is 74.7 cm³/mol. The first-order valence-corrected chi connectivity index (χ1v) is 5.98. The minimum Gasteiger partial charge on any atom is -0.489 e. The van der Waals surface area contributed by atoms with E-state index in [9.17, 15) is 0 Å². The molecular formula is C16H19NO. The molecule has 94 valence electrons. The summed E-state index contributed by atoms with van der Waals surface area (Å²) in [5, 5.41) is 2.58. The molecule has 0 radical (unpaired) electrons. The molecule has 1 N–H and O–H groups in total. The van der Waals surface area contributed by atoms with E-state index in [-0.39, 0.29) is 6.04 Å². The van der Waals surface area contributed by atoms with Crippen LogP contribution in [-0.4, -0.2) is 6.98 Å². The SMILES string of the molecule is [2H]C([2H])([2H])NC(C)c1cccc(OCc2ccccc2)c1. The molecule has 2 rings (SSSR count). The van der Waals surface area contributed by atoms with Crippen LogP contribution >= 0.6 is 0 Å². The first-order chi connectivity index (χ1) is 9.94. The number of hydrogen-bond acceptors (Lipinski definition) is 2. The van der Waals surface area contributed by atoms with Gasteiger partial charge >= 0.3 is 0 Å². The smallest absolute Gasteiger partial charge is 0.120 e. The highest BCUT2D eigenvalue weighted by atomic mass is 16.5. The molecule has 1 unspecified atom stereocenters. The van der Waals surface area contributed by atoms with Crippen LogP contribution in [0.1, 0.15) is 28.2 Å². The molecule has 0 aliphatic heterocycles. The molecule has 18 heavy (non-hydrogen) atoms. The number of hydrogen-bond donors (Lipinski definition) is 1. The molecule has 2 aromatic carbocycles. The minimum absolute atomic E-state index is 0.266. The summed E-state index contributed by atoms with van der Waals surface area (Å²) in [7, 11) is 0. The van der Waals surface area contributed by atoms with Crippen molar-refractivity contribution in [2.24, 2.45) is 0 Å². The van der Waals surface area contributed by atoms with Gasteiger partial charge in [-0.1, -0.05) is 42.5 Å². The lowest BCUT2D eigenvalue weighted by atomic mass is 10.1. The highest BCUT2D eigenvalue weighted by Gasteiger charge is 2.03. The predicted octanol–water partition coefficient (Wildman–Crippen LogP) is 3.55. The Morgan fingerprint density at radius 3 is 2.78 bits per heavy atom. The fraction of sp³-hybridized carbons (Fsp3) is 0.250. The summed E-state index contributed by atoms with van der Waals surface area (Å²) in [6.07, 6.45) is 0. The first kappa shape index (κ1) is 9.17. The molecule has 0 aliphatic rings. The fourth-order valence-electron chi connectivity index (χ4n) is 1.70. The van der Waals surface area contributed by atoms with Gasteiger partial charge in [-0.25, -0.2) is 0 Å². The quantitative estimate of drug-likeness (QED) is 0.868. The lowest BCUT2D eigenvalue weighted by Gasteiger charge is -2.12. The molecule has 1 atom stereocenters. The zero-order valence-corrected chi connectivity index (χ0v) is 10.4. The molecule has 2 nitrogen and oxygen atoms in total. The van der Waals surface area contributed by atoms with Crippen LogP contribution < -0.4 is 10.1 Å². The maximum atomic E-state index is 7.25. The minimum atomic E-state index is -2.15. The molecule has 0 amide bonds. The van der Waals surface area contributed by atoms with E-state index in [0.717, 1.165) is 16.9 Å². The number of ether oxygens (including phenoxy) is 1. The molecule has 0 saturated heterocycles. The van der Waals surface area contributed by atoms with Gasteiger partial charge in [-0.05, 0) is 37.2 Å². The van der Waals surface area contributed by atoms with Crippen LogP contribution in [0.2, 0.25) is 0 Å². The summed E-state index contributed by atoms with van der Waals surface area (Å²) >= 11 is 0. The van der Waals surface area contributed by atoms with Gasteiger partial charge in [0.05, 0.1) is 0 Å². The van der Waals surface area contributed by atoms with E-state index in [2.05, 4.69) is 5.32 Å². The molecular weight excluding hydrogens is 222 g/mol. The normalized spacial score (nSPS) is 15.3. The molecule has 0 aliphatic carbocycles. The van der Waals surface area contributed by atoms with Gasteiger partial charge < -0.3 is 10.1 Å². The fourth-order valence-corrected chi connectivity index (χ4v) is 1.70. The Kier molecular flexibility index (Phi) is 3.17. The highest BCUT2D eigenvalue weighted by Crippen LogP contribution is 2.19. The van der Waals surface area contributed by atoms with E-state index in [1.165, 1.54) is 0 Å². The topological polar surface area (TPSA) is 21.3 Å². The van der Waals surface area contributed by atoms with Crippen molar-refractivity contribution in [1.29, 1.82) is 0 Å². The van der Waals surface area contributed by atoms with Crippen LogP contribution in [0.5, 0.6) is 5.75 Å². The van der Waals surface area contributed by atoms with Gasteiger partial charge in [0.15, 0.2) is 0 Å². The Balaban J connectivity index is 2.00. The molecule has 2 aromatic rings. The lowest BCUT2D eigenvalue weighted by Crippen LogP contribution is -2.12. The van der Waals surface area contributed by atoms with Crippen molar-refractivity contribution in [2.75, 3.05) is 6.98 Å². The van der Waals surface area contributed by atoms with Crippen LogP contribution in [0.4, 0.5) is 0 Å². The van der Waals surface area contributed by atoms with Gasteiger partial charge in [-0.2, -0.15) is 0 Å². The monoisotopic (exact) mass is 244 g/mol. The average molecular weight is 244 g/mol. The van der Waals surface area contributed by atoms with E-state index in [4.69, 9.17) is 8.85 Å². The highest BCUT2D eigenvalue weighted by molar-refractivity contribution is 5.30. The van der Waals surface area contributed by atoms with Gasteiger partial charge in [0, 0.05) is 10.2 Å². The van der Waals surface area contributed by atoms with Crippen LogP contribution in [-0.2, 0) is 6.61 Å². The second-order valence-electron chi connectivity index (χ2n) is 4.21. The zero-order chi connectivity index (χ0) is 15.3. The number of rotatable bonds is 5. The van der Waals surface area contributed by atoms with Gasteiger partial charge in [-0.15, -0.1) is 0 Å². The summed E-state index contributed by atoms with van der Waals surface area (Å²) in [6, 6.07) is 17.1. The van der Waals surface area contributed by atoms with Gasteiger partial charge in [-0.3, -0.25) is 0 Å². The summed E-state index contributed by atoms with van der Waals surface area (Å²) < 4.78 is 27.5. The number of nitrogens with one attached hydrogen (secondary N) is 1. The molecule has 2 heteroatoms. The molecule has 0 heterocycles. The van der Waals surface area contributed by atoms with Crippen molar-refractivity contribution >= 4 is 0 Å². The van der Waals surface area contributed by atoms with E-state index in [0.29, 0.717) is 6.61 Å². The zero-order valence-electron chi connectivity index (χ0n) is 13.4. The number of benzene rings is 2. The van der Waals surface area contributed by atoms with Crippen LogP contribution in [0, 0.1) is 0 Å². The van der Waals surface area contributed by atoms with Crippen LogP contribution in [0.15, 0.2) is 54.6 Å². The molecule has 0 saturated carbocycles. The maximum absolute atomic E-state index is 7.25. The van der Waals surface area contributed by atoms with Crippen molar-refractivity contribution in [2.45, 2.75) is 19.6 Å². The maximum Gasteiger partial charge on any atom is 0.120 e. The molecule has 0 bridgehead atoms. The first-order valence-electron chi connectivity index (χ1n) is 7.48. The second kappa shape index (κ2) is 6.22. The third kappa shape index (κ3) is 3.34. The third-order valence-electron chi connectivity index (χ3n) is 2.82. The molecule has 0 aromatic heterocycles. The summed E-state index contributed by atoms with van der Waals surface area (Å²) in [5.41, 5.74) is 1.98. The standard InChI is InChI=1S/C16H19NO/c1-13(17-2)15-9-6-10-16(11-15)18-12-14-7-4-3-5-8-14/h3-11,13,17H,12H2,1-2H3/i2D3. The van der Waals surface area contributed by atoms with Gasteiger partial charge in [0.1, 0.15) is 12.4 Å². The van der Waals surface area contributed by atoms with Crippen LogP contribution in [0.3, 0.4) is 0 Å². The van der Waals surface area contributed by atoms with Crippen molar-refractivity contribution in [3.8, 4) is 5.75 Å². The Labute approximate surface area is 113 Å². The Morgan fingerprint density at radius 1 is 1.17 bits per heavy atom. The van der Waals surface area contributed by atoms with Crippen LogP contribution in [0.25, 0.3) is 0 Å². The third-order valence-corrected chi connectivity index (χ3v) is 2.82. The Bertz CT molecular complexity index is 569. The largest absolute Gasteiger partial charge is 0.489 e. The van der Waals surface area contributed by atoms with E-state index in [1.807, 2.05) is 61.5 Å². The molecule has 0 fully saturated rings. The van der Waals surface area contributed by atoms with E-state index in [1.54, 1.807) is 0 Å².